The Morgan fingerprint density at radius 2 is 0.843 bits per heavy atom. The van der Waals surface area contributed by atoms with Crippen LogP contribution < -0.4 is 108 Å². The van der Waals surface area contributed by atoms with Crippen LogP contribution in [0.2, 0.25) is 0 Å². The minimum absolute atomic E-state index is 0.0134. The van der Waals surface area contributed by atoms with Gasteiger partial charge in [0.1, 0.15) is 66.5 Å². The Morgan fingerprint density at radius 3 is 1.25 bits per heavy atom. The Kier molecular flexibility index (Phi) is 38.7. The highest BCUT2D eigenvalue weighted by Gasteiger charge is 2.42. The molecule has 0 aliphatic carbocycles. The number of fused-ring (bicyclic) bond motifs is 2. The van der Waals surface area contributed by atoms with Gasteiger partial charge in [-0.1, -0.05) is 81.4 Å². The summed E-state index contributed by atoms with van der Waals surface area (Å²) in [5, 5.41) is 92.6. The number of thiol groups is 2. The maximum atomic E-state index is 15.6. The number of aliphatic hydroxyl groups excluding tert-OH is 1. The van der Waals surface area contributed by atoms with Crippen LogP contribution in [0.5, 0.6) is 0 Å². The monoisotopic (exact) mass is 1640 g/mol. The Morgan fingerprint density at radius 1 is 0.461 bits per heavy atom. The van der Waals surface area contributed by atoms with Crippen molar-refractivity contribution < 1.29 is 72.5 Å². The van der Waals surface area contributed by atoms with Crippen molar-refractivity contribution >= 4 is 148 Å². The molecular formula is C73H113N25O15S2. The van der Waals surface area contributed by atoms with E-state index >= 15 is 14.4 Å². The molecule has 0 aliphatic rings. The third-order valence-electron chi connectivity index (χ3n) is 18.0. The number of aromatic nitrogens is 1. The van der Waals surface area contributed by atoms with Crippen molar-refractivity contribution in [2.45, 2.75) is 203 Å². The number of aliphatic hydroxyl groups is 1. The van der Waals surface area contributed by atoms with Gasteiger partial charge in [0.05, 0.1) is 6.10 Å². The summed E-state index contributed by atoms with van der Waals surface area (Å²) in [6.45, 7) is 9.90. The van der Waals surface area contributed by atoms with Gasteiger partial charge in [0.25, 0.3) is 0 Å². The van der Waals surface area contributed by atoms with Crippen LogP contribution in [0.25, 0.3) is 21.7 Å². The Hall–Kier alpha value is -11.7. The van der Waals surface area contributed by atoms with Crippen LogP contribution in [0, 0.1) is 27.1 Å². The lowest BCUT2D eigenvalue weighted by atomic mass is 9.86. The topological polar surface area (TPSA) is 684 Å². The number of H-pyrrole nitrogens is 1. The van der Waals surface area contributed by atoms with E-state index in [-0.39, 0.29) is 102 Å². The number of nitrogens with two attached hydrogens (primary N) is 5. The first-order chi connectivity index (χ1) is 54.0. The van der Waals surface area contributed by atoms with Gasteiger partial charge in [0.15, 0.2) is 23.8 Å². The Balaban J connectivity index is 1.82. The molecule has 632 valence electrons. The lowest BCUT2D eigenvalue weighted by Gasteiger charge is -2.33. The van der Waals surface area contributed by atoms with E-state index in [4.69, 9.17) is 50.3 Å². The maximum absolute atomic E-state index is 15.6. The quantitative estimate of drug-likeness (QED) is 0.00866. The fourth-order valence-corrected chi connectivity index (χ4v) is 12.4. The third kappa shape index (κ3) is 33.5. The zero-order chi connectivity index (χ0) is 86.0. The number of carboxylic acid groups (broad SMARTS) is 1. The molecule has 12 amide bonds. The molecule has 32 N–H and O–H groups in total. The van der Waals surface area contributed by atoms with Crippen molar-refractivity contribution in [2.75, 3.05) is 31.9 Å². The van der Waals surface area contributed by atoms with Crippen molar-refractivity contribution in [3.05, 3.63) is 84.1 Å². The van der Waals surface area contributed by atoms with E-state index in [2.05, 4.69) is 110 Å². The molecule has 12 atom stereocenters. The van der Waals surface area contributed by atoms with Gasteiger partial charge in [-0.2, -0.15) is 25.3 Å². The van der Waals surface area contributed by atoms with E-state index in [9.17, 15) is 58.2 Å². The van der Waals surface area contributed by atoms with Crippen LogP contribution in [-0.2, 0) is 75.2 Å². The number of aliphatic carboxylic acids is 1. The standard InChI is InChI=1S/C73H113N25O15S2/c1-37(99)54(65(110)93-48(23-15-31-86-71(81)82)60(105)98-56(67(112)113)72(3,4)5)96-66(111)55(73(6,7)115)97-61(106)49(26-27-53(74)101)92-63(108)51(34-42-35-87-44-19-11-10-18-43(42)44)95-62(107)50(33-39-24-25-40-16-8-9-17-41(40)32-39)94-59(104)47(22-14-30-85-70(79)80)90-57(102)45(20-12-28-83-68(75)76)89-58(103)46(21-13-29-84-69(77)78)91-64(109)52(36-114)88-38(2)100/h8-11,16-19,24-25,32,35,37,45-52,54-56,87,99,114-115H,12-15,20-23,26-31,33-34,36H2,1-7H3,(H2,74,101)(H,88,100)(H,89,103)(H,90,102)(H,91,109)(H,92,108)(H,93,110)(H,94,104)(H,95,107)(H,96,111)(H,97,106)(H,98,105)(H,112,113)(H4,75,76,83)(H4,77,78,84)(H4,79,80,85)(H4,81,82,86)/t37-,45+,46-,47+,48+,49+,50+,51+,52+,54+,55-,56-/m1/s1. The molecule has 0 spiro atoms. The summed E-state index contributed by atoms with van der Waals surface area (Å²) in [4.78, 5) is 187. The normalized spacial score (nSPS) is 14.5. The summed E-state index contributed by atoms with van der Waals surface area (Å²) in [5.41, 5.74) is 28.2. The molecule has 1 heterocycles. The minimum atomic E-state index is -1.89. The molecule has 4 rings (SSSR count). The molecule has 42 heteroatoms. The van der Waals surface area contributed by atoms with Gasteiger partial charge in [-0.25, -0.2) is 4.79 Å². The minimum Gasteiger partial charge on any atom is -0.480 e. The smallest absolute Gasteiger partial charge is 0.326 e. The first-order valence-electron chi connectivity index (χ1n) is 37.2. The first kappa shape index (κ1) is 95.7. The second-order valence-corrected chi connectivity index (χ2v) is 30.7. The molecule has 40 nitrogen and oxygen atoms in total. The maximum Gasteiger partial charge on any atom is 0.326 e. The van der Waals surface area contributed by atoms with E-state index in [1.165, 1.54) is 20.8 Å². The first-order valence-corrected chi connectivity index (χ1v) is 38.2. The zero-order valence-electron chi connectivity index (χ0n) is 65.4. The molecule has 0 bridgehead atoms. The van der Waals surface area contributed by atoms with E-state index in [1.54, 1.807) is 75.5 Å². The molecule has 0 aliphatic heterocycles. The number of benzene rings is 3. The van der Waals surface area contributed by atoms with Crippen molar-refractivity contribution in [1.29, 1.82) is 21.6 Å². The average molecular weight is 1650 g/mol. The molecule has 0 unspecified atom stereocenters. The number of carbonyl (C=O) groups excluding carboxylic acids is 12. The van der Waals surface area contributed by atoms with Gasteiger partial charge in [-0.15, -0.1) is 0 Å². The number of primary amides is 1. The number of nitrogens with one attached hydrogen (secondary N) is 20. The van der Waals surface area contributed by atoms with Crippen molar-refractivity contribution in [3.8, 4) is 0 Å². The van der Waals surface area contributed by atoms with Crippen LogP contribution in [0.1, 0.15) is 124 Å². The van der Waals surface area contributed by atoms with Gasteiger partial charge < -0.3 is 124 Å². The third-order valence-corrected chi connectivity index (χ3v) is 18.6. The molecule has 0 saturated carbocycles. The Bertz CT molecular complexity index is 4110. The van der Waals surface area contributed by atoms with Crippen molar-refractivity contribution in [2.24, 2.45) is 34.1 Å². The van der Waals surface area contributed by atoms with Crippen LogP contribution in [0.4, 0.5) is 0 Å². The zero-order valence-corrected chi connectivity index (χ0v) is 67.1. The Labute approximate surface area is 676 Å². The van der Waals surface area contributed by atoms with Crippen molar-refractivity contribution in [3.63, 3.8) is 0 Å². The number of hydrogen-bond donors (Lipinski definition) is 29. The highest BCUT2D eigenvalue weighted by Crippen LogP contribution is 2.24. The summed E-state index contributed by atoms with van der Waals surface area (Å²) in [6, 6.07) is 2.01. The fourth-order valence-electron chi connectivity index (χ4n) is 12.0. The molecule has 0 radical (unpaired) electrons. The number of carbonyl (C=O) groups is 13. The summed E-state index contributed by atoms with van der Waals surface area (Å²) < 4.78 is -1.58. The summed E-state index contributed by atoms with van der Waals surface area (Å²) in [7, 11) is 0. The van der Waals surface area contributed by atoms with Gasteiger partial charge >= 0.3 is 5.97 Å². The van der Waals surface area contributed by atoms with E-state index in [1.807, 2.05) is 18.2 Å². The summed E-state index contributed by atoms with van der Waals surface area (Å²) in [5.74, 6) is -14.8. The number of carboxylic acids is 1. The number of amides is 12. The highest BCUT2D eigenvalue weighted by atomic mass is 32.1. The predicted molar refractivity (Wildman–Crippen MR) is 437 cm³/mol. The fraction of sp³-hybridized carbons (Fsp3) is 0.521. The summed E-state index contributed by atoms with van der Waals surface area (Å²) >= 11 is 8.80. The average Bonchev–Trinajstić information content (AvgIpc) is 1.80. The van der Waals surface area contributed by atoms with E-state index in [0.717, 1.165) is 17.7 Å². The number of aromatic amines is 1. The van der Waals surface area contributed by atoms with Crippen LogP contribution in [0.15, 0.2) is 72.9 Å². The lowest BCUT2D eigenvalue weighted by Crippen LogP contribution is -2.64. The second-order valence-electron chi connectivity index (χ2n) is 29.2. The van der Waals surface area contributed by atoms with Gasteiger partial charge in [-0.3, -0.25) is 79.2 Å². The lowest BCUT2D eigenvalue weighted by molar-refractivity contribution is -0.145. The molecule has 3 aromatic carbocycles. The molecular weight excluding hydrogens is 1530 g/mol. The number of rotatable bonds is 48. The molecule has 4 aromatic rings. The second kappa shape index (κ2) is 46.5. The molecule has 1 aromatic heterocycles. The number of para-hydroxylation sites is 1. The van der Waals surface area contributed by atoms with Gasteiger partial charge in [0, 0.05) is 80.0 Å². The number of hydrogen-bond acceptors (Lipinski definition) is 20. The highest BCUT2D eigenvalue weighted by molar-refractivity contribution is 7.81. The van der Waals surface area contributed by atoms with Crippen LogP contribution >= 0.6 is 25.3 Å². The predicted octanol–water partition coefficient (Wildman–Crippen LogP) is -4.07. The molecule has 0 saturated heterocycles. The van der Waals surface area contributed by atoms with E-state index in [0.29, 0.717) is 22.0 Å². The largest absolute Gasteiger partial charge is 0.480 e. The van der Waals surface area contributed by atoms with E-state index < -0.39 is 190 Å². The molecule has 0 fully saturated rings. The van der Waals surface area contributed by atoms with Gasteiger partial charge in [0.2, 0.25) is 70.9 Å². The van der Waals surface area contributed by atoms with Crippen molar-refractivity contribution in [1.82, 2.24) is 84.7 Å². The van der Waals surface area contributed by atoms with Crippen LogP contribution in [0.3, 0.4) is 0 Å². The van der Waals surface area contributed by atoms with Gasteiger partial charge in [-0.05, 0) is 112 Å². The summed E-state index contributed by atoms with van der Waals surface area (Å²) in [6.07, 6.45) is -2.25. The number of guanidine groups is 4. The van der Waals surface area contributed by atoms with Crippen LogP contribution in [-0.4, -0.2) is 225 Å². The SMILES string of the molecule is CC(=O)N[C@@H](CS)C(=O)N[C@H](CCCNC(=N)N)C(=O)N[C@@H](CCCNC(=N)N)C(=O)N[C@@H](CCCNC(=N)N)C(=O)N[C@@H](Cc1ccc2ccccc2c1)C(=O)N[C@@H](Cc1c[nH]c2ccccc12)C(=O)N[C@@H](CCC(N)=O)C(=O)N[C@H](C(=O)N[C@H](C(=O)N[C@@H](CCCNC(=N)N)C(=O)N[C@H](C(=O)O)C(C)(C)C)[C@@H](C)O)C(C)(C)S. The molecule has 115 heavy (non-hydrogen) atoms.